The zero-order valence-electron chi connectivity index (χ0n) is 16.7. The summed E-state index contributed by atoms with van der Waals surface area (Å²) in [6.07, 6.45) is 1.40. The van der Waals surface area contributed by atoms with Crippen LogP contribution in [0.25, 0.3) is 0 Å². The van der Waals surface area contributed by atoms with E-state index < -0.39 is 18.1 Å². The molecule has 2 fully saturated rings. The van der Waals surface area contributed by atoms with Crippen LogP contribution in [0.4, 0.5) is 9.59 Å². The summed E-state index contributed by atoms with van der Waals surface area (Å²) < 4.78 is 10.2. The van der Waals surface area contributed by atoms with E-state index in [0.717, 1.165) is 18.4 Å². The number of hydrogen-bond donors (Lipinski definition) is 0. The molecule has 2 saturated heterocycles. The van der Waals surface area contributed by atoms with Crippen molar-refractivity contribution in [2.75, 3.05) is 20.3 Å². The van der Waals surface area contributed by atoms with Gasteiger partial charge < -0.3 is 14.4 Å². The van der Waals surface area contributed by atoms with Crippen molar-refractivity contribution in [1.29, 1.82) is 0 Å². The monoisotopic (exact) mass is 388 g/mol. The van der Waals surface area contributed by atoms with Gasteiger partial charge >= 0.3 is 12.2 Å². The highest BCUT2D eigenvalue weighted by molar-refractivity contribution is 5.98. The Hall–Kier alpha value is -2.57. The van der Waals surface area contributed by atoms with Gasteiger partial charge in [-0.15, -0.1) is 0 Å². The van der Waals surface area contributed by atoms with E-state index in [1.807, 2.05) is 44.2 Å². The van der Waals surface area contributed by atoms with Crippen LogP contribution in [0.1, 0.15) is 44.6 Å². The summed E-state index contributed by atoms with van der Waals surface area (Å²) >= 11 is 0. The lowest BCUT2D eigenvalue weighted by atomic mass is 9.83. The summed E-state index contributed by atoms with van der Waals surface area (Å²) in [7, 11) is 1.35. The number of amides is 3. The lowest BCUT2D eigenvalue weighted by Gasteiger charge is -2.40. The molecule has 7 heteroatoms. The van der Waals surface area contributed by atoms with Gasteiger partial charge in [0.25, 0.3) is 0 Å². The Balaban J connectivity index is 2.01. The van der Waals surface area contributed by atoms with Crippen LogP contribution in [0.15, 0.2) is 30.3 Å². The van der Waals surface area contributed by atoms with E-state index in [1.54, 1.807) is 4.90 Å². The molecule has 3 rings (SSSR count). The second-order valence-electron chi connectivity index (χ2n) is 7.71. The average molecular weight is 388 g/mol. The van der Waals surface area contributed by atoms with Gasteiger partial charge in [0.1, 0.15) is 6.61 Å². The van der Waals surface area contributed by atoms with E-state index in [-0.39, 0.29) is 30.5 Å². The Kier molecular flexibility index (Phi) is 6.21. The van der Waals surface area contributed by atoms with E-state index in [1.165, 1.54) is 12.0 Å². The number of ether oxygens (including phenoxy) is 2. The van der Waals surface area contributed by atoms with Crippen molar-refractivity contribution in [3.05, 3.63) is 35.9 Å². The SMILES string of the molecule is COC(=O)N1CCCCC1C(C(=O)N1C(=O)OC[C@@H]1C(C)C)c1ccccc1. The molecule has 0 radical (unpaired) electrons. The number of piperidine rings is 1. The van der Waals surface area contributed by atoms with Gasteiger partial charge in [0, 0.05) is 6.54 Å². The Morgan fingerprint density at radius 3 is 2.50 bits per heavy atom. The van der Waals surface area contributed by atoms with Crippen molar-refractivity contribution >= 4 is 18.1 Å². The number of cyclic esters (lactones) is 1. The van der Waals surface area contributed by atoms with Gasteiger partial charge in [-0.3, -0.25) is 4.79 Å². The molecule has 3 atom stereocenters. The van der Waals surface area contributed by atoms with E-state index in [0.29, 0.717) is 13.0 Å². The molecule has 0 saturated carbocycles. The first kappa shape index (κ1) is 20.2. The number of hydrogen-bond acceptors (Lipinski definition) is 5. The molecule has 3 amide bonds. The molecule has 7 nitrogen and oxygen atoms in total. The third-order valence-electron chi connectivity index (χ3n) is 5.68. The lowest BCUT2D eigenvalue weighted by Crippen LogP contribution is -2.53. The standard InChI is InChI=1S/C21H28N2O5/c1-14(2)17-13-28-21(26)23(17)19(24)18(15-9-5-4-6-10-15)16-11-7-8-12-22(16)20(25)27-3/h4-6,9-10,14,16-18H,7-8,11-13H2,1-3H3/t16?,17-,18?/m1/s1. The fraction of sp³-hybridized carbons (Fsp3) is 0.571. The van der Waals surface area contributed by atoms with Crippen LogP contribution in [0, 0.1) is 5.92 Å². The highest BCUT2D eigenvalue weighted by Gasteiger charge is 2.46. The first-order valence-electron chi connectivity index (χ1n) is 9.85. The summed E-state index contributed by atoms with van der Waals surface area (Å²) in [6, 6.07) is 8.69. The first-order chi connectivity index (χ1) is 13.5. The minimum atomic E-state index is -0.646. The number of imide groups is 1. The van der Waals surface area contributed by atoms with Crippen molar-refractivity contribution in [1.82, 2.24) is 9.80 Å². The third kappa shape index (κ3) is 3.84. The molecule has 0 bridgehead atoms. The van der Waals surface area contributed by atoms with E-state index in [4.69, 9.17) is 9.47 Å². The summed E-state index contributed by atoms with van der Waals surface area (Å²) in [5, 5.41) is 0. The summed E-state index contributed by atoms with van der Waals surface area (Å²) in [5.41, 5.74) is 0.788. The average Bonchev–Trinajstić information content (AvgIpc) is 3.10. The van der Waals surface area contributed by atoms with Gasteiger partial charge in [-0.25, -0.2) is 14.5 Å². The molecule has 2 aliphatic heterocycles. The summed E-state index contributed by atoms with van der Waals surface area (Å²) in [4.78, 5) is 41.3. The van der Waals surface area contributed by atoms with Crippen LogP contribution in [0.2, 0.25) is 0 Å². The molecule has 2 heterocycles. The van der Waals surface area contributed by atoms with Crippen molar-refractivity contribution in [3.63, 3.8) is 0 Å². The van der Waals surface area contributed by atoms with Gasteiger partial charge in [-0.05, 0) is 30.7 Å². The largest absolute Gasteiger partial charge is 0.453 e. The van der Waals surface area contributed by atoms with Crippen LogP contribution in [-0.4, -0.2) is 60.2 Å². The smallest absolute Gasteiger partial charge is 0.417 e. The summed E-state index contributed by atoms with van der Waals surface area (Å²) in [5.74, 6) is -0.879. The minimum Gasteiger partial charge on any atom is -0.453 e. The van der Waals surface area contributed by atoms with Crippen LogP contribution >= 0.6 is 0 Å². The maximum absolute atomic E-state index is 13.7. The van der Waals surface area contributed by atoms with Gasteiger partial charge in [-0.1, -0.05) is 44.2 Å². The second kappa shape index (κ2) is 8.63. The normalized spacial score (nSPS) is 23.5. The lowest BCUT2D eigenvalue weighted by molar-refractivity contribution is -0.133. The second-order valence-corrected chi connectivity index (χ2v) is 7.71. The molecular weight excluding hydrogens is 360 g/mol. The highest BCUT2D eigenvalue weighted by Crippen LogP contribution is 2.35. The fourth-order valence-corrected chi connectivity index (χ4v) is 4.17. The van der Waals surface area contributed by atoms with Crippen molar-refractivity contribution in [3.8, 4) is 0 Å². The number of likely N-dealkylation sites (tertiary alicyclic amines) is 1. The molecule has 1 aromatic rings. The molecule has 0 aliphatic carbocycles. The maximum atomic E-state index is 13.7. The minimum absolute atomic E-state index is 0.0786. The zero-order valence-corrected chi connectivity index (χ0v) is 16.7. The van der Waals surface area contributed by atoms with Crippen LogP contribution in [0.3, 0.4) is 0 Å². The van der Waals surface area contributed by atoms with E-state index in [9.17, 15) is 14.4 Å². The zero-order chi connectivity index (χ0) is 20.3. The van der Waals surface area contributed by atoms with Gasteiger partial charge in [0.05, 0.1) is 25.1 Å². The Labute approximate surface area is 165 Å². The highest BCUT2D eigenvalue weighted by atomic mass is 16.6. The first-order valence-corrected chi connectivity index (χ1v) is 9.85. The van der Waals surface area contributed by atoms with Crippen LogP contribution in [0.5, 0.6) is 0 Å². The molecule has 0 spiro atoms. The van der Waals surface area contributed by atoms with Crippen molar-refractivity contribution in [2.45, 2.75) is 51.1 Å². The third-order valence-corrected chi connectivity index (χ3v) is 5.68. The van der Waals surface area contributed by atoms with E-state index in [2.05, 4.69) is 0 Å². The molecule has 28 heavy (non-hydrogen) atoms. The molecular formula is C21H28N2O5. The van der Waals surface area contributed by atoms with Crippen molar-refractivity contribution in [2.24, 2.45) is 5.92 Å². The van der Waals surface area contributed by atoms with E-state index >= 15 is 0 Å². The van der Waals surface area contributed by atoms with Gasteiger partial charge in [0.15, 0.2) is 0 Å². The number of nitrogens with zero attached hydrogens (tertiary/aromatic N) is 2. The molecule has 0 N–H and O–H groups in total. The fourth-order valence-electron chi connectivity index (χ4n) is 4.17. The quantitative estimate of drug-likeness (QED) is 0.790. The van der Waals surface area contributed by atoms with Crippen LogP contribution in [-0.2, 0) is 14.3 Å². The van der Waals surface area contributed by atoms with Crippen molar-refractivity contribution < 1.29 is 23.9 Å². The molecule has 2 unspecified atom stereocenters. The van der Waals surface area contributed by atoms with Gasteiger partial charge in [-0.2, -0.15) is 0 Å². The summed E-state index contributed by atoms with van der Waals surface area (Å²) in [6.45, 7) is 4.67. The number of rotatable bonds is 4. The van der Waals surface area contributed by atoms with Crippen LogP contribution < -0.4 is 0 Å². The number of carbonyl (C=O) groups is 3. The Morgan fingerprint density at radius 2 is 1.86 bits per heavy atom. The molecule has 2 aliphatic rings. The number of benzene rings is 1. The molecule has 1 aromatic carbocycles. The predicted octanol–water partition coefficient (Wildman–Crippen LogP) is 3.39. The predicted molar refractivity (Wildman–Crippen MR) is 103 cm³/mol. The molecule has 152 valence electrons. The molecule has 0 aromatic heterocycles. The topological polar surface area (TPSA) is 76.2 Å². The number of methoxy groups -OCH3 is 1. The Bertz CT molecular complexity index is 721. The van der Waals surface area contributed by atoms with Gasteiger partial charge in [0.2, 0.25) is 5.91 Å². The number of carbonyl (C=O) groups excluding carboxylic acids is 3. The maximum Gasteiger partial charge on any atom is 0.417 e. The Morgan fingerprint density at radius 1 is 1.14 bits per heavy atom.